The summed E-state index contributed by atoms with van der Waals surface area (Å²) in [6, 6.07) is 19.6. The van der Waals surface area contributed by atoms with Crippen LogP contribution < -0.4 is 10.1 Å². The van der Waals surface area contributed by atoms with E-state index >= 15 is 0 Å². The van der Waals surface area contributed by atoms with Crippen LogP contribution in [0.15, 0.2) is 60.7 Å². The van der Waals surface area contributed by atoms with Crippen molar-refractivity contribution in [2.75, 3.05) is 12.4 Å². The molecule has 5 heteroatoms. The number of nitrogens with zero attached hydrogens (tertiary/aromatic N) is 2. The van der Waals surface area contributed by atoms with E-state index in [1.54, 1.807) is 7.11 Å². The number of aryl methyl sites for hydroxylation is 2. The Balaban J connectivity index is 1.53. The Morgan fingerprint density at radius 2 is 1.70 bits per heavy atom. The average molecular weight is 399 g/mol. The van der Waals surface area contributed by atoms with Gasteiger partial charge in [0.2, 0.25) is 0 Å². The van der Waals surface area contributed by atoms with Gasteiger partial charge in [-0.25, -0.2) is 0 Å². The first-order valence-electron chi connectivity index (χ1n) is 9.92. The highest BCUT2D eigenvalue weighted by Gasteiger charge is 2.14. The normalized spacial score (nSPS) is 10.9. The Hall–Kier alpha value is -3.60. The van der Waals surface area contributed by atoms with Crippen molar-refractivity contribution in [1.82, 2.24) is 9.78 Å². The number of hydrogen-bond acceptors (Lipinski definition) is 3. The molecule has 1 heterocycles. The van der Waals surface area contributed by atoms with Crippen molar-refractivity contribution in [3.63, 3.8) is 0 Å². The van der Waals surface area contributed by atoms with Crippen molar-refractivity contribution in [2.45, 2.75) is 20.3 Å². The maximum Gasteiger partial charge on any atom is 0.259 e. The minimum Gasteiger partial charge on any atom is -0.496 e. The topological polar surface area (TPSA) is 56.1 Å². The van der Waals surface area contributed by atoms with E-state index in [4.69, 9.17) is 4.74 Å². The SMILES string of the molecule is COc1cc2ccccc2cc1C(=O)Nc1ccc(Cc2c(C)nn(C)c2C)cc1. The van der Waals surface area contributed by atoms with Crippen LogP contribution in [-0.4, -0.2) is 22.8 Å². The van der Waals surface area contributed by atoms with Gasteiger partial charge >= 0.3 is 0 Å². The van der Waals surface area contributed by atoms with Gasteiger partial charge < -0.3 is 10.1 Å². The zero-order valence-electron chi connectivity index (χ0n) is 17.7. The van der Waals surface area contributed by atoms with Gasteiger partial charge in [-0.1, -0.05) is 36.4 Å². The van der Waals surface area contributed by atoms with Crippen LogP contribution in [0.1, 0.15) is 32.9 Å². The number of fused-ring (bicyclic) bond motifs is 1. The van der Waals surface area contributed by atoms with E-state index in [9.17, 15) is 4.79 Å². The Labute approximate surface area is 176 Å². The molecule has 1 N–H and O–H groups in total. The summed E-state index contributed by atoms with van der Waals surface area (Å²) in [5.41, 5.74) is 5.91. The molecule has 0 aliphatic rings. The van der Waals surface area contributed by atoms with Crippen molar-refractivity contribution in [1.29, 1.82) is 0 Å². The molecule has 4 rings (SSSR count). The lowest BCUT2D eigenvalue weighted by molar-refractivity contribution is 0.102. The van der Waals surface area contributed by atoms with Gasteiger partial charge in [0.05, 0.1) is 18.4 Å². The molecule has 0 bridgehead atoms. The fourth-order valence-corrected chi connectivity index (χ4v) is 3.75. The molecule has 1 aromatic heterocycles. The number of benzene rings is 3. The molecule has 0 aliphatic heterocycles. The second-order valence-electron chi connectivity index (χ2n) is 7.50. The van der Waals surface area contributed by atoms with Crippen molar-refractivity contribution < 1.29 is 9.53 Å². The summed E-state index contributed by atoms with van der Waals surface area (Å²) in [4.78, 5) is 12.9. The number of hydrogen-bond donors (Lipinski definition) is 1. The Morgan fingerprint density at radius 3 is 2.30 bits per heavy atom. The first-order chi connectivity index (χ1) is 14.5. The summed E-state index contributed by atoms with van der Waals surface area (Å²) in [5.74, 6) is 0.370. The van der Waals surface area contributed by atoms with E-state index in [1.165, 1.54) is 16.8 Å². The third-order valence-electron chi connectivity index (χ3n) is 5.56. The number of carbonyl (C=O) groups is 1. The highest BCUT2D eigenvalue weighted by Crippen LogP contribution is 2.27. The molecular weight excluding hydrogens is 374 g/mol. The van der Waals surface area contributed by atoms with Gasteiger partial charge in [-0.05, 0) is 54.4 Å². The van der Waals surface area contributed by atoms with Crippen molar-refractivity contribution >= 4 is 22.4 Å². The molecule has 0 unspecified atom stereocenters. The number of anilines is 1. The van der Waals surface area contributed by atoms with Crippen LogP contribution in [0.3, 0.4) is 0 Å². The molecule has 1 amide bonds. The second-order valence-corrected chi connectivity index (χ2v) is 7.50. The molecule has 0 atom stereocenters. The summed E-state index contributed by atoms with van der Waals surface area (Å²) < 4.78 is 7.37. The molecule has 30 heavy (non-hydrogen) atoms. The number of methoxy groups -OCH3 is 1. The summed E-state index contributed by atoms with van der Waals surface area (Å²) in [7, 11) is 3.55. The average Bonchev–Trinajstić information content (AvgIpc) is 3.00. The van der Waals surface area contributed by atoms with Gasteiger partial charge in [0, 0.05) is 30.4 Å². The van der Waals surface area contributed by atoms with Crippen LogP contribution in [-0.2, 0) is 13.5 Å². The van der Waals surface area contributed by atoms with E-state index in [-0.39, 0.29) is 5.91 Å². The van der Waals surface area contributed by atoms with E-state index in [0.717, 1.165) is 28.6 Å². The van der Waals surface area contributed by atoms with E-state index in [2.05, 4.69) is 17.3 Å². The van der Waals surface area contributed by atoms with Crippen molar-refractivity contribution in [3.05, 3.63) is 88.7 Å². The molecule has 0 fully saturated rings. The van der Waals surface area contributed by atoms with Crippen LogP contribution >= 0.6 is 0 Å². The maximum atomic E-state index is 12.9. The van der Waals surface area contributed by atoms with Crippen LogP contribution in [0.2, 0.25) is 0 Å². The van der Waals surface area contributed by atoms with E-state index in [1.807, 2.05) is 79.3 Å². The predicted molar refractivity (Wildman–Crippen MR) is 120 cm³/mol. The fourth-order valence-electron chi connectivity index (χ4n) is 3.75. The lowest BCUT2D eigenvalue weighted by Crippen LogP contribution is -2.13. The van der Waals surface area contributed by atoms with Gasteiger partial charge in [0.25, 0.3) is 5.91 Å². The lowest BCUT2D eigenvalue weighted by Gasteiger charge is -2.11. The molecule has 0 aliphatic carbocycles. The summed E-state index contributed by atoms with van der Waals surface area (Å²) in [5, 5.41) is 9.50. The van der Waals surface area contributed by atoms with Gasteiger partial charge in [0.15, 0.2) is 0 Å². The molecule has 152 valence electrons. The third-order valence-corrected chi connectivity index (χ3v) is 5.56. The minimum atomic E-state index is -0.190. The molecule has 5 nitrogen and oxygen atoms in total. The van der Waals surface area contributed by atoms with Gasteiger partial charge in [-0.2, -0.15) is 5.10 Å². The monoisotopic (exact) mass is 399 g/mol. The Bertz CT molecular complexity index is 1220. The van der Waals surface area contributed by atoms with Crippen LogP contribution in [0.4, 0.5) is 5.69 Å². The first-order valence-corrected chi connectivity index (χ1v) is 9.92. The number of ether oxygens (including phenoxy) is 1. The molecule has 0 saturated carbocycles. The van der Waals surface area contributed by atoms with Gasteiger partial charge in [-0.3, -0.25) is 9.48 Å². The smallest absolute Gasteiger partial charge is 0.259 e. The first kappa shape index (κ1) is 19.7. The number of amides is 1. The van der Waals surface area contributed by atoms with E-state index in [0.29, 0.717) is 11.3 Å². The second kappa shape index (κ2) is 8.03. The van der Waals surface area contributed by atoms with Gasteiger partial charge in [0.1, 0.15) is 5.75 Å². The highest BCUT2D eigenvalue weighted by atomic mass is 16.5. The van der Waals surface area contributed by atoms with E-state index < -0.39 is 0 Å². The number of aromatic nitrogens is 2. The largest absolute Gasteiger partial charge is 0.496 e. The molecule has 0 spiro atoms. The lowest BCUT2D eigenvalue weighted by atomic mass is 10.0. The zero-order chi connectivity index (χ0) is 21.3. The van der Waals surface area contributed by atoms with Gasteiger partial charge in [-0.15, -0.1) is 0 Å². The molecule has 4 aromatic rings. The highest BCUT2D eigenvalue weighted by molar-refractivity contribution is 6.08. The predicted octanol–water partition coefficient (Wildman–Crippen LogP) is 5.04. The summed E-state index contributed by atoms with van der Waals surface area (Å²) >= 11 is 0. The quantitative estimate of drug-likeness (QED) is 0.511. The minimum absolute atomic E-state index is 0.190. The Morgan fingerprint density at radius 1 is 1.03 bits per heavy atom. The molecule has 0 saturated heterocycles. The number of rotatable bonds is 5. The summed E-state index contributed by atoms with van der Waals surface area (Å²) in [6.45, 7) is 4.12. The van der Waals surface area contributed by atoms with Crippen molar-refractivity contribution in [3.8, 4) is 5.75 Å². The van der Waals surface area contributed by atoms with Crippen molar-refractivity contribution in [2.24, 2.45) is 7.05 Å². The number of nitrogens with one attached hydrogen (secondary N) is 1. The maximum absolute atomic E-state index is 12.9. The molecule has 0 radical (unpaired) electrons. The molecule has 3 aromatic carbocycles. The Kier molecular flexibility index (Phi) is 5.27. The standard InChI is InChI=1S/C25H25N3O2/c1-16-22(17(2)28(3)27-16)13-18-9-11-21(12-10-18)26-25(29)23-14-19-7-5-6-8-20(19)15-24(23)30-4/h5-12,14-15H,13H2,1-4H3,(H,26,29). The number of carbonyl (C=O) groups excluding carboxylic acids is 1. The van der Waals surface area contributed by atoms with Crippen LogP contribution in [0, 0.1) is 13.8 Å². The molecular formula is C25H25N3O2. The summed E-state index contributed by atoms with van der Waals surface area (Å²) in [6.07, 6.45) is 0.818. The van der Waals surface area contributed by atoms with Crippen LogP contribution in [0.5, 0.6) is 5.75 Å². The zero-order valence-corrected chi connectivity index (χ0v) is 17.7. The third kappa shape index (κ3) is 3.79. The van der Waals surface area contributed by atoms with Crippen LogP contribution in [0.25, 0.3) is 10.8 Å². The fraction of sp³-hybridized carbons (Fsp3) is 0.200.